The summed E-state index contributed by atoms with van der Waals surface area (Å²) in [4.78, 5) is 2.38. The second kappa shape index (κ2) is 12.6. The van der Waals surface area contributed by atoms with E-state index >= 15 is 0 Å². The van der Waals surface area contributed by atoms with E-state index in [1.165, 1.54) is 5.56 Å². The van der Waals surface area contributed by atoms with Crippen LogP contribution in [0.4, 0.5) is 5.69 Å². The zero-order valence-electron chi connectivity index (χ0n) is 21.2. The first-order chi connectivity index (χ1) is 17.1. The monoisotopic (exact) mass is 484 g/mol. The molecule has 2 N–H and O–H groups in total. The molecule has 4 atom stereocenters. The number of aliphatic hydroxyl groups excluding tert-OH is 1. The molecule has 0 amide bonds. The number of benzene rings is 2. The first-order valence-corrected chi connectivity index (χ1v) is 12.7. The first kappa shape index (κ1) is 25.8. The minimum absolute atomic E-state index is 0.0405. The van der Waals surface area contributed by atoms with Crippen LogP contribution in [0.5, 0.6) is 11.5 Å². The topological polar surface area (TPSA) is 72.4 Å². The number of anilines is 1. The molecule has 192 valence electrons. The second-order valence-corrected chi connectivity index (χ2v) is 9.64. The van der Waals surface area contributed by atoms with Gasteiger partial charge < -0.3 is 34.3 Å². The molecule has 2 aromatic carbocycles. The predicted molar refractivity (Wildman–Crippen MR) is 138 cm³/mol. The van der Waals surface area contributed by atoms with E-state index in [0.29, 0.717) is 13.2 Å². The highest BCUT2D eigenvalue weighted by Gasteiger charge is 2.32. The third-order valence-corrected chi connectivity index (χ3v) is 6.99. The van der Waals surface area contributed by atoms with Crippen LogP contribution in [0, 0.1) is 0 Å². The lowest BCUT2D eigenvalue weighted by molar-refractivity contribution is -0.000974. The van der Waals surface area contributed by atoms with Crippen molar-refractivity contribution in [2.45, 2.75) is 57.0 Å². The average Bonchev–Trinajstić information content (AvgIpc) is 2.88. The fraction of sp³-hybridized carbons (Fsp3) is 0.571. The van der Waals surface area contributed by atoms with E-state index in [1.807, 2.05) is 19.1 Å². The lowest BCUT2D eigenvalue weighted by atomic mass is 9.82. The van der Waals surface area contributed by atoms with Crippen LogP contribution in [0.2, 0.25) is 0 Å². The maximum absolute atomic E-state index is 9.93. The summed E-state index contributed by atoms with van der Waals surface area (Å²) in [6, 6.07) is 14.9. The van der Waals surface area contributed by atoms with Gasteiger partial charge in [-0.15, -0.1) is 0 Å². The van der Waals surface area contributed by atoms with Crippen LogP contribution in [-0.4, -0.2) is 70.4 Å². The molecule has 0 radical (unpaired) electrons. The smallest absolute Gasteiger partial charge is 0.142 e. The highest BCUT2D eigenvalue weighted by Crippen LogP contribution is 2.35. The highest BCUT2D eigenvalue weighted by molar-refractivity contribution is 5.61. The Bertz CT molecular complexity index is 920. The lowest BCUT2D eigenvalue weighted by Crippen LogP contribution is -2.48. The fourth-order valence-corrected chi connectivity index (χ4v) is 5.18. The van der Waals surface area contributed by atoms with Gasteiger partial charge in [-0.2, -0.15) is 0 Å². The van der Waals surface area contributed by atoms with Crippen LogP contribution in [0.25, 0.3) is 0 Å². The molecule has 1 saturated heterocycles. The maximum atomic E-state index is 9.93. The van der Waals surface area contributed by atoms with Gasteiger partial charge in [0.1, 0.15) is 18.1 Å². The molecule has 0 bridgehead atoms. The predicted octanol–water partition coefficient (Wildman–Crippen LogP) is 3.73. The molecule has 0 spiro atoms. The quantitative estimate of drug-likeness (QED) is 0.471. The number of rotatable bonds is 11. The van der Waals surface area contributed by atoms with Crippen molar-refractivity contribution < 1.29 is 24.1 Å². The summed E-state index contributed by atoms with van der Waals surface area (Å²) in [7, 11) is 3.43. The maximum Gasteiger partial charge on any atom is 0.142 e. The Kier molecular flexibility index (Phi) is 9.26. The molecule has 2 aliphatic heterocycles. The molecular formula is C28H40N2O5. The van der Waals surface area contributed by atoms with Gasteiger partial charge in [0.15, 0.2) is 0 Å². The van der Waals surface area contributed by atoms with Crippen molar-refractivity contribution in [3.63, 3.8) is 0 Å². The molecular weight excluding hydrogens is 444 g/mol. The Balaban J connectivity index is 1.45. The van der Waals surface area contributed by atoms with Crippen LogP contribution in [0.3, 0.4) is 0 Å². The van der Waals surface area contributed by atoms with E-state index < -0.39 is 0 Å². The number of nitrogens with zero attached hydrogens (tertiary/aromatic N) is 1. The molecule has 4 rings (SSSR count). The van der Waals surface area contributed by atoms with Crippen LogP contribution < -0.4 is 19.7 Å². The minimum Gasteiger partial charge on any atom is -0.497 e. The van der Waals surface area contributed by atoms with Gasteiger partial charge in [0.2, 0.25) is 0 Å². The van der Waals surface area contributed by atoms with Crippen molar-refractivity contribution in [1.29, 1.82) is 0 Å². The first-order valence-electron chi connectivity index (χ1n) is 12.7. The molecule has 1 unspecified atom stereocenters. The lowest BCUT2D eigenvalue weighted by Gasteiger charge is -2.38. The third-order valence-electron chi connectivity index (χ3n) is 6.99. The molecule has 2 heterocycles. The number of ether oxygens (including phenoxy) is 4. The molecule has 1 fully saturated rings. The SMILES string of the molecule is COCCCN1CCOc2ccc(CO[C@H]3CN[C@@H](CC(C)O)C[C@@H]3c3ccc(OC)cc3)cc21. The van der Waals surface area contributed by atoms with Crippen LogP contribution in [-0.2, 0) is 16.1 Å². The highest BCUT2D eigenvalue weighted by atomic mass is 16.5. The summed E-state index contributed by atoms with van der Waals surface area (Å²) in [5.74, 6) is 2.04. The van der Waals surface area contributed by atoms with Crippen molar-refractivity contribution in [1.82, 2.24) is 5.32 Å². The summed E-state index contributed by atoms with van der Waals surface area (Å²) in [6.07, 6.45) is 2.36. The molecule has 35 heavy (non-hydrogen) atoms. The Morgan fingerprint density at radius 1 is 1.17 bits per heavy atom. The fourth-order valence-electron chi connectivity index (χ4n) is 5.18. The summed E-state index contributed by atoms with van der Waals surface area (Å²) in [6.45, 7) is 6.45. The van der Waals surface area contributed by atoms with Crippen molar-refractivity contribution in [3.8, 4) is 11.5 Å². The van der Waals surface area contributed by atoms with E-state index in [4.69, 9.17) is 18.9 Å². The normalized spacial score (nSPS) is 22.9. The zero-order valence-corrected chi connectivity index (χ0v) is 21.2. The Hall–Kier alpha value is -2.32. The van der Waals surface area contributed by atoms with Crippen LogP contribution >= 0.6 is 0 Å². The van der Waals surface area contributed by atoms with E-state index in [9.17, 15) is 5.11 Å². The van der Waals surface area contributed by atoms with Gasteiger partial charge in [-0.1, -0.05) is 18.2 Å². The Morgan fingerprint density at radius 3 is 2.74 bits per heavy atom. The Morgan fingerprint density at radius 2 is 2.00 bits per heavy atom. The number of aliphatic hydroxyl groups is 1. The van der Waals surface area contributed by atoms with Crippen LogP contribution in [0.15, 0.2) is 42.5 Å². The molecule has 0 aromatic heterocycles. The molecule has 2 aromatic rings. The number of fused-ring (bicyclic) bond motifs is 1. The summed E-state index contributed by atoms with van der Waals surface area (Å²) in [5, 5.41) is 13.5. The molecule has 0 saturated carbocycles. The largest absolute Gasteiger partial charge is 0.497 e. The van der Waals surface area contributed by atoms with Gasteiger partial charge in [0.05, 0.1) is 38.2 Å². The number of nitrogens with one attached hydrogen (secondary N) is 1. The Labute approximate surface area is 209 Å². The number of piperidine rings is 1. The number of hydrogen-bond donors (Lipinski definition) is 2. The van der Waals surface area contributed by atoms with Crippen molar-refractivity contribution >= 4 is 5.69 Å². The van der Waals surface area contributed by atoms with Crippen molar-refractivity contribution in [2.24, 2.45) is 0 Å². The van der Waals surface area contributed by atoms with Crippen LogP contribution in [0.1, 0.15) is 43.2 Å². The van der Waals surface area contributed by atoms with Gasteiger partial charge >= 0.3 is 0 Å². The van der Waals surface area contributed by atoms with E-state index in [2.05, 4.69) is 40.5 Å². The number of hydrogen-bond acceptors (Lipinski definition) is 7. The second-order valence-electron chi connectivity index (χ2n) is 9.64. The third kappa shape index (κ3) is 6.88. The average molecular weight is 485 g/mol. The molecule has 2 aliphatic rings. The van der Waals surface area contributed by atoms with Gasteiger partial charge in [0, 0.05) is 38.8 Å². The van der Waals surface area contributed by atoms with Gasteiger partial charge in [-0.25, -0.2) is 0 Å². The number of methoxy groups -OCH3 is 2. The molecule has 7 heteroatoms. The minimum atomic E-state index is -0.328. The van der Waals surface area contributed by atoms with E-state index in [-0.39, 0.29) is 24.2 Å². The van der Waals surface area contributed by atoms with Gasteiger partial charge in [0.25, 0.3) is 0 Å². The van der Waals surface area contributed by atoms with Gasteiger partial charge in [-0.3, -0.25) is 0 Å². The summed E-state index contributed by atoms with van der Waals surface area (Å²) >= 11 is 0. The standard InChI is InChI=1S/C28H40N2O5/c1-20(31)15-23-17-25(22-6-8-24(33-3)9-7-22)28(18-29-23)35-19-21-5-10-27-26(16-21)30(12-14-34-27)11-4-13-32-2/h5-10,16,20,23,25,28-29,31H,4,11-15,17-19H2,1-3H3/t20?,23-,25+,28-/m0/s1. The summed E-state index contributed by atoms with van der Waals surface area (Å²) < 4.78 is 23.0. The van der Waals surface area contributed by atoms with Gasteiger partial charge in [-0.05, 0) is 61.6 Å². The molecule has 0 aliphatic carbocycles. The van der Waals surface area contributed by atoms with Crippen molar-refractivity contribution in [3.05, 3.63) is 53.6 Å². The van der Waals surface area contributed by atoms with E-state index in [0.717, 1.165) is 68.3 Å². The van der Waals surface area contributed by atoms with Crippen molar-refractivity contribution in [2.75, 3.05) is 52.0 Å². The zero-order chi connectivity index (χ0) is 24.6. The summed E-state index contributed by atoms with van der Waals surface area (Å²) in [5.41, 5.74) is 3.53. The van der Waals surface area contributed by atoms with E-state index in [1.54, 1.807) is 14.2 Å². The molecule has 7 nitrogen and oxygen atoms in total.